The molecule has 0 bridgehead atoms. The highest BCUT2D eigenvalue weighted by Crippen LogP contribution is 2.49. The quantitative estimate of drug-likeness (QED) is 0.796. The lowest BCUT2D eigenvalue weighted by Gasteiger charge is -2.16. The van der Waals surface area contributed by atoms with Crippen LogP contribution in [0.2, 0.25) is 0 Å². The third kappa shape index (κ3) is 2.29. The maximum absolute atomic E-state index is 5.56. The fourth-order valence-electron chi connectivity index (χ4n) is 2.51. The number of nitrogens with one attached hydrogen (secondary N) is 1. The van der Waals surface area contributed by atoms with Crippen LogP contribution in [0.15, 0.2) is 18.3 Å². The summed E-state index contributed by atoms with van der Waals surface area (Å²) in [6.45, 7) is 1.11. The normalized spacial score (nSPS) is 20.1. The largest absolute Gasteiger partial charge is 0.384 e. The van der Waals surface area contributed by atoms with Crippen molar-refractivity contribution in [2.75, 3.05) is 17.6 Å². The Labute approximate surface area is 96.4 Å². The molecule has 2 aliphatic carbocycles. The van der Waals surface area contributed by atoms with E-state index in [1.165, 1.54) is 25.7 Å². The summed E-state index contributed by atoms with van der Waals surface area (Å²) in [7, 11) is 0. The van der Waals surface area contributed by atoms with Gasteiger partial charge in [0.1, 0.15) is 5.82 Å². The fourth-order valence-corrected chi connectivity index (χ4v) is 2.51. The van der Waals surface area contributed by atoms with Gasteiger partial charge in [-0.15, -0.1) is 0 Å². The lowest BCUT2D eigenvalue weighted by atomic mass is 9.98. The van der Waals surface area contributed by atoms with Crippen LogP contribution in [0.5, 0.6) is 0 Å². The molecule has 0 radical (unpaired) electrons. The number of nitrogens with zero attached hydrogens (tertiary/aromatic N) is 1. The van der Waals surface area contributed by atoms with E-state index in [0.29, 0.717) is 5.82 Å². The number of pyridine rings is 1. The molecular weight excluding hydrogens is 198 g/mol. The van der Waals surface area contributed by atoms with Gasteiger partial charge in [0.05, 0.1) is 11.9 Å². The highest BCUT2D eigenvalue weighted by Gasteiger charge is 2.40. The van der Waals surface area contributed by atoms with Gasteiger partial charge in [0.2, 0.25) is 0 Å². The van der Waals surface area contributed by atoms with Crippen molar-refractivity contribution in [3.63, 3.8) is 0 Å². The van der Waals surface area contributed by atoms with Crippen molar-refractivity contribution in [2.24, 2.45) is 17.8 Å². The Morgan fingerprint density at radius 2 is 1.94 bits per heavy atom. The van der Waals surface area contributed by atoms with Gasteiger partial charge in [-0.25, -0.2) is 4.98 Å². The first-order chi connectivity index (χ1) is 7.83. The summed E-state index contributed by atoms with van der Waals surface area (Å²) in [5.74, 6) is 3.49. The molecular formula is C13H19N3. The van der Waals surface area contributed by atoms with Gasteiger partial charge in [0, 0.05) is 6.54 Å². The molecule has 1 aromatic heterocycles. The van der Waals surface area contributed by atoms with E-state index in [1.807, 2.05) is 18.3 Å². The van der Waals surface area contributed by atoms with Crippen molar-refractivity contribution < 1.29 is 0 Å². The molecule has 1 aromatic rings. The van der Waals surface area contributed by atoms with Crippen LogP contribution in [0.3, 0.4) is 0 Å². The van der Waals surface area contributed by atoms with Crippen LogP contribution >= 0.6 is 0 Å². The summed E-state index contributed by atoms with van der Waals surface area (Å²) in [4.78, 5) is 4.09. The zero-order valence-electron chi connectivity index (χ0n) is 9.52. The monoisotopic (exact) mass is 217 g/mol. The first kappa shape index (κ1) is 9.94. The van der Waals surface area contributed by atoms with Crippen molar-refractivity contribution in [1.29, 1.82) is 0 Å². The minimum absolute atomic E-state index is 0.589. The number of nitrogens with two attached hydrogens (primary N) is 1. The van der Waals surface area contributed by atoms with Gasteiger partial charge in [0.15, 0.2) is 0 Å². The maximum atomic E-state index is 5.56. The molecule has 3 N–H and O–H groups in total. The van der Waals surface area contributed by atoms with Crippen molar-refractivity contribution in [3.05, 3.63) is 18.3 Å². The second-order valence-electron chi connectivity index (χ2n) is 5.19. The lowest BCUT2D eigenvalue weighted by molar-refractivity contribution is 0.428. The van der Waals surface area contributed by atoms with Crippen LogP contribution in [0.1, 0.15) is 25.7 Å². The van der Waals surface area contributed by atoms with Crippen LogP contribution in [-0.2, 0) is 0 Å². The van der Waals surface area contributed by atoms with Gasteiger partial charge in [-0.2, -0.15) is 0 Å². The van der Waals surface area contributed by atoms with E-state index in [2.05, 4.69) is 10.3 Å². The number of nitrogen functional groups attached to an aromatic ring is 1. The number of aromatic nitrogens is 1. The number of hydrogen-bond acceptors (Lipinski definition) is 3. The van der Waals surface area contributed by atoms with Crippen LogP contribution in [0.25, 0.3) is 0 Å². The molecule has 2 fully saturated rings. The number of hydrogen-bond donors (Lipinski definition) is 2. The topological polar surface area (TPSA) is 50.9 Å². The first-order valence-corrected chi connectivity index (χ1v) is 6.28. The molecule has 0 amide bonds. The minimum Gasteiger partial charge on any atom is -0.384 e. The van der Waals surface area contributed by atoms with Gasteiger partial charge in [-0.1, -0.05) is 0 Å². The van der Waals surface area contributed by atoms with Gasteiger partial charge >= 0.3 is 0 Å². The Balaban J connectivity index is 1.56. The van der Waals surface area contributed by atoms with Gasteiger partial charge in [-0.3, -0.25) is 0 Å². The Morgan fingerprint density at radius 1 is 1.25 bits per heavy atom. The van der Waals surface area contributed by atoms with E-state index in [1.54, 1.807) is 0 Å². The summed E-state index contributed by atoms with van der Waals surface area (Å²) >= 11 is 0. The Hall–Kier alpha value is -1.25. The summed E-state index contributed by atoms with van der Waals surface area (Å²) in [5.41, 5.74) is 6.66. The third-order valence-electron chi connectivity index (χ3n) is 3.78. The zero-order valence-corrected chi connectivity index (χ0v) is 9.52. The van der Waals surface area contributed by atoms with E-state index in [9.17, 15) is 0 Å². The molecule has 3 heteroatoms. The summed E-state index contributed by atoms with van der Waals surface area (Å²) in [6.07, 6.45) is 7.61. The fraction of sp³-hybridized carbons (Fsp3) is 0.615. The molecule has 0 saturated heterocycles. The van der Waals surface area contributed by atoms with E-state index in [-0.39, 0.29) is 0 Å². The molecule has 3 nitrogen and oxygen atoms in total. The van der Waals surface area contributed by atoms with Crippen LogP contribution in [0, 0.1) is 17.8 Å². The first-order valence-electron chi connectivity index (χ1n) is 6.28. The van der Waals surface area contributed by atoms with Crippen molar-refractivity contribution in [2.45, 2.75) is 25.7 Å². The van der Waals surface area contributed by atoms with Gasteiger partial charge in [0.25, 0.3) is 0 Å². The molecule has 16 heavy (non-hydrogen) atoms. The molecule has 1 heterocycles. The van der Waals surface area contributed by atoms with E-state index in [0.717, 1.165) is 30.0 Å². The van der Waals surface area contributed by atoms with E-state index < -0.39 is 0 Å². The van der Waals surface area contributed by atoms with Gasteiger partial charge < -0.3 is 11.1 Å². The highest BCUT2D eigenvalue weighted by molar-refractivity contribution is 5.45. The standard InChI is InChI=1S/C13H19N3/c14-13-6-5-11(7-16-13)15-8-12(9-1-2-9)10-3-4-10/h5-7,9-10,12,15H,1-4,8H2,(H2,14,16). The molecule has 3 rings (SSSR count). The van der Waals surface area contributed by atoms with Crippen molar-refractivity contribution in [1.82, 2.24) is 4.98 Å². The highest BCUT2D eigenvalue weighted by atomic mass is 14.9. The molecule has 86 valence electrons. The number of anilines is 2. The molecule has 0 spiro atoms. The smallest absolute Gasteiger partial charge is 0.123 e. The Bertz CT molecular complexity index is 340. The SMILES string of the molecule is Nc1ccc(NCC(C2CC2)C2CC2)cn1. The molecule has 0 atom stereocenters. The lowest BCUT2D eigenvalue weighted by Crippen LogP contribution is -2.18. The zero-order chi connectivity index (χ0) is 11.0. The van der Waals surface area contributed by atoms with E-state index >= 15 is 0 Å². The molecule has 0 aliphatic heterocycles. The third-order valence-corrected chi connectivity index (χ3v) is 3.78. The van der Waals surface area contributed by atoms with E-state index in [4.69, 9.17) is 5.73 Å². The average Bonchev–Trinajstić information content (AvgIpc) is 3.15. The summed E-state index contributed by atoms with van der Waals surface area (Å²) < 4.78 is 0. The van der Waals surface area contributed by atoms with Crippen LogP contribution < -0.4 is 11.1 Å². The van der Waals surface area contributed by atoms with Crippen LogP contribution in [-0.4, -0.2) is 11.5 Å². The maximum Gasteiger partial charge on any atom is 0.123 e. The van der Waals surface area contributed by atoms with Gasteiger partial charge in [-0.05, 0) is 55.6 Å². The molecule has 2 aliphatic rings. The molecule has 0 unspecified atom stereocenters. The minimum atomic E-state index is 0.589. The predicted molar refractivity (Wildman–Crippen MR) is 66.1 cm³/mol. The predicted octanol–water partition coefficient (Wildman–Crippen LogP) is 2.51. The second-order valence-corrected chi connectivity index (χ2v) is 5.19. The Kier molecular flexibility index (Phi) is 2.46. The molecule has 0 aromatic carbocycles. The Morgan fingerprint density at radius 3 is 2.44 bits per heavy atom. The van der Waals surface area contributed by atoms with Crippen LogP contribution in [0.4, 0.5) is 11.5 Å². The molecule has 2 saturated carbocycles. The van der Waals surface area contributed by atoms with Crippen molar-refractivity contribution in [3.8, 4) is 0 Å². The summed E-state index contributed by atoms with van der Waals surface area (Å²) in [6, 6.07) is 3.87. The number of rotatable bonds is 5. The second kappa shape index (κ2) is 3.96. The average molecular weight is 217 g/mol. The van der Waals surface area contributed by atoms with Crippen molar-refractivity contribution >= 4 is 11.5 Å². The summed E-state index contributed by atoms with van der Waals surface area (Å²) in [5, 5.41) is 3.50.